The maximum absolute atomic E-state index is 11.5. The van der Waals surface area contributed by atoms with Crippen molar-refractivity contribution in [3.05, 3.63) is 0 Å². The average molecular weight is 306 g/mol. The maximum Gasteiger partial charge on any atom is 0.352 e. The van der Waals surface area contributed by atoms with E-state index >= 15 is 0 Å². The monoisotopic (exact) mass is 306 g/mol. The van der Waals surface area contributed by atoms with Gasteiger partial charge in [-0.1, -0.05) is 32.6 Å². The zero-order valence-corrected chi connectivity index (χ0v) is 12.7. The molecule has 0 aliphatic heterocycles. The van der Waals surface area contributed by atoms with Crippen molar-refractivity contribution in [3.63, 3.8) is 0 Å². The molecule has 0 heterocycles. The van der Waals surface area contributed by atoms with Crippen LogP contribution < -0.4 is 0 Å². The van der Waals surface area contributed by atoms with Gasteiger partial charge in [-0.05, 0) is 19.8 Å². The maximum atomic E-state index is 11.5. The minimum absolute atomic E-state index is 0.103. The summed E-state index contributed by atoms with van der Waals surface area (Å²) >= 11 is 0. The van der Waals surface area contributed by atoms with Crippen molar-refractivity contribution < 1.29 is 34.6 Å². The van der Waals surface area contributed by atoms with Gasteiger partial charge in [0, 0.05) is 18.1 Å². The Morgan fingerprint density at radius 1 is 1.05 bits per heavy atom. The van der Waals surface area contributed by atoms with Crippen LogP contribution >= 0.6 is 0 Å². The van der Waals surface area contributed by atoms with Crippen LogP contribution in [0.2, 0.25) is 0 Å². The summed E-state index contributed by atoms with van der Waals surface area (Å²) in [6, 6.07) is 0. The first-order valence-corrected chi connectivity index (χ1v) is 7.39. The summed E-state index contributed by atoms with van der Waals surface area (Å²) in [6.45, 7) is 3.29. The molecule has 0 amide bonds. The molecule has 2 N–H and O–H groups in total. The Hall–Kier alpha value is -1.18. The number of aliphatic hydroxyl groups is 2. The second-order valence-corrected chi connectivity index (χ2v) is 4.92. The van der Waals surface area contributed by atoms with Gasteiger partial charge in [0.1, 0.15) is 0 Å². The first kappa shape index (κ1) is 19.8. The molecule has 0 aromatic heterocycles. The Bertz CT molecular complexity index is 293. The van der Waals surface area contributed by atoms with Crippen LogP contribution in [-0.4, -0.2) is 34.9 Å². The topological polar surface area (TPSA) is 102 Å². The van der Waals surface area contributed by atoms with E-state index in [0.29, 0.717) is 6.42 Å². The molecule has 0 aromatic carbocycles. The van der Waals surface area contributed by atoms with E-state index in [9.17, 15) is 14.7 Å². The molecule has 2 unspecified atom stereocenters. The van der Waals surface area contributed by atoms with Crippen LogP contribution in [0.5, 0.6) is 0 Å². The van der Waals surface area contributed by atoms with E-state index in [4.69, 9.17) is 5.11 Å². The third-order valence-electron chi connectivity index (χ3n) is 3.14. The van der Waals surface area contributed by atoms with Crippen molar-refractivity contribution >= 4 is 11.9 Å². The lowest BCUT2D eigenvalue weighted by Gasteiger charge is -2.15. The molecular weight excluding hydrogens is 280 g/mol. The number of carbonyl (C=O) groups excluding carboxylic acids is 2. The van der Waals surface area contributed by atoms with E-state index < -0.39 is 24.0 Å². The van der Waals surface area contributed by atoms with Crippen molar-refractivity contribution in [2.75, 3.05) is 6.61 Å². The largest absolute Gasteiger partial charge is 0.396 e. The van der Waals surface area contributed by atoms with Gasteiger partial charge in [-0.2, -0.15) is 0 Å². The molecule has 7 nitrogen and oxygen atoms in total. The molecule has 0 rings (SSSR count). The second-order valence-electron chi connectivity index (χ2n) is 4.92. The van der Waals surface area contributed by atoms with Gasteiger partial charge in [0.25, 0.3) is 0 Å². The molecule has 124 valence electrons. The van der Waals surface area contributed by atoms with Crippen LogP contribution in [0.3, 0.4) is 0 Å². The van der Waals surface area contributed by atoms with Crippen LogP contribution in [0.15, 0.2) is 0 Å². The summed E-state index contributed by atoms with van der Waals surface area (Å²) in [5, 5.41) is 22.5. The Morgan fingerprint density at radius 2 is 1.67 bits per heavy atom. The van der Waals surface area contributed by atoms with Gasteiger partial charge in [0.2, 0.25) is 0 Å². The summed E-state index contributed by atoms with van der Waals surface area (Å²) in [7, 11) is 0. The molecule has 0 spiro atoms. The molecular formula is C14H26O7. The molecule has 0 bridgehead atoms. The number of unbranched alkanes of at least 4 members (excludes halogenated alkanes) is 4. The minimum atomic E-state index is -0.833. The summed E-state index contributed by atoms with van der Waals surface area (Å²) < 4.78 is 0. The number of carbonyl (C=O) groups is 2. The predicted molar refractivity (Wildman–Crippen MR) is 73.5 cm³/mol. The first-order chi connectivity index (χ1) is 10.0. The molecule has 2 atom stereocenters. The zero-order valence-electron chi connectivity index (χ0n) is 12.7. The summed E-state index contributed by atoms with van der Waals surface area (Å²) in [6.07, 6.45) is 4.21. The number of aliphatic hydroxyl groups excluding tert-OH is 2. The molecule has 0 fully saturated rings. The van der Waals surface area contributed by atoms with Crippen LogP contribution in [0.4, 0.5) is 0 Å². The standard InChI is InChI=1S/C14H26O7/c1-3-13(17)19-21-20-14(18)11(2)12(16)9-7-5-4-6-8-10-15/h11-12,15-16H,3-10H2,1-2H3. The highest BCUT2D eigenvalue weighted by atomic mass is 17.5. The lowest BCUT2D eigenvalue weighted by Crippen LogP contribution is -2.27. The highest BCUT2D eigenvalue weighted by Gasteiger charge is 2.24. The van der Waals surface area contributed by atoms with Crippen LogP contribution in [0, 0.1) is 5.92 Å². The van der Waals surface area contributed by atoms with Gasteiger partial charge in [-0.15, -0.1) is 0 Å². The Kier molecular flexibility index (Phi) is 11.8. The molecule has 0 saturated carbocycles. The molecule has 7 heteroatoms. The van der Waals surface area contributed by atoms with E-state index in [2.05, 4.69) is 14.8 Å². The van der Waals surface area contributed by atoms with Gasteiger partial charge < -0.3 is 10.2 Å². The van der Waals surface area contributed by atoms with E-state index in [1.165, 1.54) is 6.92 Å². The van der Waals surface area contributed by atoms with Gasteiger partial charge in [-0.3, -0.25) is 9.78 Å². The van der Waals surface area contributed by atoms with Crippen LogP contribution in [0.25, 0.3) is 0 Å². The fourth-order valence-electron chi connectivity index (χ4n) is 1.63. The van der Waals surface area contributed by atoms with Crippen LogP contribution in [-0.2, 0) is 24.4 Å². The molecule has 0 radical (unpaired) electrons. The highest BCUT2D eigenvalue weighted by molar-refractivity contribution is 5.72. The first-order valence-electron chi connectivity index (χ1n) is 7.39. The van der Waals surface area contributed by atoms with E-state index in [1.54, 1.807) is 6.92 Å². The van der Waals surface area contributed by atoms with Crippen molar-refractivity contribution in [3.8, 4) is 0 Å². The normalized spacial score (nSPS) is 13.5. The van der Waals surface area contributed by atoms with Gasteiger partial charge >= 0.3 is 11.9 Å². The van der Waals surface area contributed by atoms with Gasteiger partial charge in [0.05, 0.1) is 12.0 Å². The molecule has 0 aromatic rings. The van der Waals surface area contributed by atoms with Crippen molar-refractivity contribution in [1.82, 2.24) is 0 Å². The van der Waals surface area contributed by atoms with E-state index in [1.807, 2.05) is 0 Å². The molecule has 0 aliphatic rings. The van der Waals surface area contributed by atoms with Crippen molar-refractivity contribution in [1.29, 1.82) is 0 Å². The van der Waals surface area contributed by atoms with E-state index in [-0.39, 0.29) is 13.0 Å². The minimum Gasteiger partial charge on any atom is -0.396 e. The zero-order chi connectivity index (χ0) is 16.1. The second kappa shape index (κ2) is 12.6. The fraction of sp³-hybridized carbons (Fsp3) is 0.857. The molecule has 21 heavy (non-hydrogen) atoms. The lowest BCUT2D eigenvalue weighted by molar-refractivity contribution is -0.460. The number of rotatable bonds is 12. The van der Waals surface area contributed by atoms with Gasteiger partial charge in [-0.25, -0.2) is 9.59 Å². The molecule has 0 aliphatic carbocycles. The number of hydrogen-bond acceptors (Lipinski definition) is 7. The molecule has 0 saturated heterocycles. The Balaban J connectivity index is 3.73. The fourth-order valence-corrected chi connectivity index (χ4v) is 1.63. The third-order valence-corrected chi connectivity index (χ3v) is 3.14. The third kappa shape index (κ3) is 10.2. The highest BCUT2D eigenvalue weighted by Crippen LogP contribution is 2.14. The quantitative estimate of drug-likeness (QED) is 0.321. The SMILES string of the molecule is CCC(=O)OOOC(=O)C(C)C(O)CCCCCCCO. The van der Waals surface area contributed by atoms with Gasteiger partial charge in [0.15, 0.2) is 0 Å². The number of hydrogen-bond donors (Lipinski definition) is 2. The lowest BCUT2D eigenvalue weighted by atomic mass is 9.99. The van der Waals surface area contributed by atoms with Crippen molar-refractivity contribution in [2.24, 2.45) is 5.92 Å². The van der Waals surface area contributed by atoms with Crippen molar-refractivity contribution in [2.45, 2.75) is 64.9 Å². The Morgan fingerprint density at radius 3 is 2.29 bits per heavy atom. The average Bonchev–Trinajstić information content (AvgIpc) is 2.49. The van der Waals surface area contributed by atoms with E-state index in [0.717, 1.165) is 32.1 Å². The Labute approximate surface area is 125 Å². The summed E-state index contributed by atoms with van der Waals surface area (Å²) in [5.74, 6) is -2.20. The smallest absolute Gasteiger partial charge is 0.352 e. The summed E-state index contributed by atoms with van der Waals surface area (Å²) in [5.41, 5.74) is 0. The van der Waals surface area contributed by atoms with Crippen LogP contribution in [0.1, 0.15) is 58.8 Å². The predicted octanol–water partition coefficient (Wildman–Crippen LogP) is 1.66. The summed E-state index contributed by atoms with van der Waals surface area (Å²) in [4.78, 5) is 30.7.